The number of carbonyl (C=O) groups excluding carboxylic acids is 3. The quantitative estimate of drug-likeness (QED) is 0.129. The fourth-order valence-corrected chi connectivity index (χ4v) is 9.70. The van der Waals surface area contributed by atoms with E-state index in [1.807, 2.05) is 24.4 Å². The van der Waals surface area contributed by atoms with Crippen LogP contribution in [0.15, 0.2) is 53.6 Å². The number of benzene rings is 1. The van der Waals surface area contributed by atoms with E-state index in [1.54, 1.807) is 17.7 Å². The number of fused-ring (bicyclic) bond motifs is 1. The topological polar surface area (TPSA) is 151 Å². The van der Waals surface area contributed by atoms with Crippen LogP contribution in [0.25, 0.3) is 11.0 Å². The molecule has 2 unspecified atom stereocenters. The van der Waals surface area contributed by atoms with Crippen molar-refractivity contribution in [2.24, 2.45) is 11.8 Å². The van der Waals surface area contributed by atoms with Gasteiger partial charge in [0, 0.05) is 42.8 Å². The van der Waals surface area contributed by atoms with Gasteiger partial charge in [-0.3, -0.25) is 34.0 Å². The average Bonchev–Trinajstić information content (AvgIpc) is 3.73. The molecule has 3 N–H and O–H groups in total. The monoisotopic (exact) mass is 744 g/mol. The molecule has 3 saturated heterocycles. The molecule has 12 heteroatoms. The van der Waals surface area contributed by atoms with Crippen molar-refractivity contribution >= 4 is 40.4 Å². The van der Waals surface area contributed by atoms with Crippen LogP contribution in [-0.2, 0) is 16.0 Å². The van der Waals surface area contributed by atoms with Crippen LogP contribution in [0.4, 0.5) is 11.8 Å². The Labute approximate surface area is 321 Å². The maximum Gasteiger partial charge on any atom is 0.263 e. The third-order valence-corrected chi connectivity index (χ3v) is 12.8. The summed E-state index contributed by atoms with van der Waals surface area (Å²) in [5.74, 6) is 1.50. The lowest BCUT2D eigenvalue weighted by atomic mass is 9.75. The Hall–Kier alpha value is -4.81. The molecule has 55 heavy (non-hydrogen) atoms. The van der Waals surface area contributed by atoms with E-state index in [2.05, 4.69) is 44.0 Å². The zero-order chi connectivity index (χ0) is 38.1. The number of nitrogens with one attached hydrogen (secondary N) is 3. The number of piperidine rings is 3. The molecule has 288 valence electrons. The number of hydrogen-bond acceptors (Lipinski definition) is 10. The highest BCUT2D eigenvalue weighted by Gasteiger charge is 2.34. The average molecular weight is 745 g/mol. The van der Waals surface area contributed by atoms with Gasteiger partial charge in [-0.25, -0.2) is 9.97 Å². The molecule has 8 rings (SSSR count). The lowest BCUT2D eigenvalue weighted by Gasteiger charge is -2.43. The van der Waals surface area contributed by atoms with Crippen LogP contribution in [0, 0.1) is 18.8 Å². The molecule has 4 fully saturated rings. The molecule has 0 radical (unpaired) electrons. The first-order valence-electron chi connectivity index (χ1n) is 20.3. The number of aromatic nitrogens is 4. The van der Waals surface area contributed by atoms with Crippen LogP contribution in [0.1, 0.15) is 122 Å². The molecular formula is C43H52N8O4. The summed E-state index contributed by atoms with van der Waals surface area (Å²) in [6, 6.07) is 12.8. The second-order valence-corrected chi connectivity index (χ2v) is 16.1. The van der Waals surface area contributed by atoms with E-state index < -0.39 is 0 Å². The highest BCUT2D eigenvalue weighted by molar-refractivity contribution is 6.01. The van der Waals surface area contributed by atoms with Gasteiger partial charge in [-0.1, -0.05) is 43.2 Å². The molecule has 0 bridgehead atoms. The minimum absolute atomic E-state index is 0.0122. The van der Waals surface area contributed by atoms with E-state index in [0.717, 1.165) is 81.6 Å². The molecule has 12 nitrogen and oxygen atoms in total. The molecule has 2 amide bonds. The Bertz CT molecular complexity index is 2120. The van der Waals surface area contributed by atoms with Crippen molar-refractivity contribution in [3.63, 3.8) is 0 Å². The molecular weight excluding hydrogens is 693 g/mol. The number of ketones is 1. The van der Waals surface area contributed by atoms with E-state index in [9.17, 15) is 19.2 Å². The zero-order valence-corrected chi connectivity index (χ0v) is 32.0. The second-order valence-electron chi connectivity index (χ2n) is 16.1. The molecule has 3 aliphatic heterocycles. The molecule has 6 heterocycles. The Morgan fingerprint density at radius 1 is 0.891 bits per heavy atom. The minimum atomic E-state index is -0.271. The number of imide groups is 1. The zero-order valence-electron chi connectivity index (χ0n) is 32.0. The van der Waals surface area contributed by atoms with Crippen LogP contribution in [0.2, 0.25) is 0 Å². The van der Waals surface area contributed by atoms with Gasteiger partial charge in [-0.2, -0.15) is 4.98 Å². The predicted molar refractivity (Wildman–Crippen MR) is 211 cm³/mol. The molecule has 4 aliphatic rings. The first-order valence-corrected chi connectivity index (χ1v) is 20.3. The van der Waals surface area contributed by atoms with E-state index in [4.69, 9.17) is 9.97 Å². The van der Waals surface area contributed by atoms with Crippen LogP contribution in [-0.4, -0.2) is 68.2 Å². The van der Waals surface area contributed by atoms with Gasteiger partial charge in [-0.05, 0) is 125 Å². The summed E-state index contributed by atoms with van der Waals surface area (Å²) in [6.07, 6.45) is 14.2. The summed E-state index contributed by atoms with van der Waals surface area (Å²) in [4.78, 5) is 67.2. The number of aryl methyl sites for hydroxylation is 1. The molecule has 4 aromatic rings. The normalized spacial score (nSPS) is 22.9. The van der Waals surface area contributed by atoms with Crippen molar-refractivity contribution in [3.05, 3.63) is 87.0 Å². The van der Waals surface area contributed by atoms with E-state index in [0.29, 0.717) is 41.7 Å². The number of amides is 2. The number of rotatable bonds is 10. The van der Waals surface area contributed by atoms with E-state index >= 15 is 0 Å². The van der Waals surface area contributed by atoms with Crippen molar-refractivity contribution in [2.45, 2.75) is 102 Å². The summed E-state index contributed by atoms with van der Waals surface area (Å²) in [5.41, 5.74) is 4.53. The minimum Gasteiger partial charge on any atom is -0.317 e. The van der Waals surface area contributed by atoms with E-state index in [-0.39, 0.29) is 46.7 Å². The summed E-state index contributed by atoms with van der Waals surface area (Å²) < 4.78 is 1.73. The van der Waals surface area contributed by atoms with Crippen LogP contribution < -0.4 is 21.5 Å². The summed E-state index contributed by atoms with van der Waals surface area (Å²) >= 11 is 0. The van der Waals surface area contributed by atoms with Gasteiger partial charge < -0.3 is 10.6 Å². The van der Waals surface area contributed by atoms with Crippen molar-refractivity contribution in [1.29, 1.82) is 0 Å². The Balaban J connectivity index is 1.00. The van der Waals surface area contributed by atoms with Crippen molar-refractivity contribution in [3.8, 4) is 0 Å². The first-order chi connectivity index (χ1) is 26.7. The number of likely N-dealkylation sites (tertiary alicyclic amines) is 1. The van der Waals surface area contributed by atoms with Gasteiger partial charge in [-0.15, -0.1) is 0 Å². The summed E-state index contributed by atoms with van der Waals surface area (Å²) in [6.45, 7) is 7.40. The van der Waals surface area contributed by atoms with Gasteiger partial charge in [0.05, 0.1) is 11.5 Å². The van der Waals surface area contributed by atoms with Gasteiger partial charge in [0.1, 0.15) is 11.5 Å². The van der Waals surface area contributed by atoms with Crippen LogP contribution in [0.3, 0.4) is 0 Å². The Morgan fingerprint density at radius 2 is 1.65 bits per heavy atom. The Morgan fingerprint density at radius 3 is 2.36 bits per heavy atom. The number of Topliss-reactive ketones (excluding diaryl/α,β-unsaturated/α-hetero) is 1. The molecule has 1 aromatic carbocycles. The first kappa shape index (κ1) is 37.1. The number of anilines is 2. The highest BCUT2D eigenvalue weighted by atomic mass is 16.2. The smallest absolute Gasteiger partial charge is 0.263 e. The second kappa shape index (κ2) is 16.1. The van der Waals surface area contributed by atoms with Gasteiger partial charge in [0.25, 0.3) is 5.56 Å². The molecule has 1 saturated carbocycles. The molecule has 3 aromatic heterocycles. The maximum atomic E-state index is 13.7. The lowest BCUT2D eigenvalue weighted by molar-refractivity contribution is -0.134. The standard InChI is InChI=1S/C43H52N8O4/c1-26-35-25-46-43(49-40(35)51(33-5-3-4-6-33)42(55)39(26)27(2)52)47-37-13-11-32(24-45-37)36-23-31(29-15-19-44-20-16-29)18-22-50(36)21-17-28-7-9-30(10-8-28)34-12-14-38(53)48-41(34)54/h7-11,13,24-25,29,31,33-34,36,44H,3-6,12,14-23H2,1-2H3,(H,48,53,54)(H,45,46,47,49)/t31?,34?,36-/m1/s1. The third kappa shape index (κ3) is 7.84. The van der Waals surface area contributed by atoms with Crippen molar-refractivity contribution < 1.29 is 14.4 Å². The van der Waals surface area contributed by atoms with Crippen molar-refractivity contribution in [1.82, 2.24) is 35.1 Å². The van der Waals surface area contributed by atoms with Crippen LogP contribution in [0.5, 0.6) is 0 Å². The van der Waals surface area contributed by atoms with Gasteiger partial charge in [0.15, 0.2) is 5.78 Å². The number of carbonyl (C=O) groups is 3. The number of nitrogens with zero attached hydrogens (tertiary/aromatic N) is 5. The molecule has 0 spiro atoms. The number of hydrogen-bond donors (Lipinski definition) is 3. The molecule has 3 atom stereocenters. The SMILES string of the molecule is CC(=O)c1c(C)c2cnc(Nc3ccc([C@H]4CC(C5CCNCC5)CCN4CCc4ccc(C5CCC(=O)NC5=O)cc4)cn3)nc2n(C2CCCC2)c1=O. The van der Waals surface area contributed by atoms with Gasteiger partial charge >= 0.3 is 0 Å². The lowest BCUT2D eigenvalue weighted by Crippen LogP contribution is -2.42. The van der Waals surface area contributed by atoms with Gasteiger partial charge in [0.2, 0.25) is 17.8 Å². The van der Waals surface area contributed by atoms with E-state index in [1.165, 1.54) is 37.3 Å². The number of pyridine rings is 2. The summed E-state index contributed by atoms with van der Waals surface area (Å²) in [5, 5.41) is 10.0. The predicted octanol–water partition coefficient (Wildman–Crippen LogP) is 6.07. The highest BCUT2D eigenvalue weighted by Crippen LogP contribution is 2.40. The van der Waals surface area contributed by atoms with Crippen molar-refractivity contribution in [2.75, 3.05) is 31.5 Å². The Kier molecular flexibility index (Phi) is 10.9. The summed E-state index contributed by atoms with van der Waals surface area (Å²) in [7, 11) is 0. The maximum absolute atomic E-state index is 13.7. The fraction of sp³-hybridized carbons (Fsp3) is 0.512. The largest absolute Gasteiger partial charge is 0.317 e. The molecule has 1 aliphatic carbocycles. The fourth-order valence-electron chi connectivity index (χ4n) is 9.70. The third-order valence-electron chi connectivity index (χ3n) is 12.8. The van der Waals surface area contributed by atoms with Crippen LogP contribution >= 0.6 is 0 Å².